The molecule has 0 atom stereocenters. The van der Waals surface area contributed by atoms with E-state index in [0.29, 0.717) is 0 Å². The molecule has 0 fully saturated rings. The molecule has 0 aliphatic heterocycles. The van der Waals surface area contributed by atoms with E-state index in [9.17, 15) is 0 Å². The van der Waals surface area contributed by atoms with Crippen LogP contribution in [-0.2, 0) is 0 Å². The number of anilines is 1. The highest BCUT2D eigenvalue weighted by atomic mass is 127. The fourth-order valence-electron chi connectivity index (χ4n) is 0.563. The average Bonchev–Trinajstić information content (AvgIpc) is 1.93. The van der Waals surface area contributed by atoms with E-state index < -0.39 is 0 Å². The van der Waals surface area contributed by atoms with Gasteiger partial charge < -0.3 is 5.73 Å². The van der Waals surface area contributed by atoms with Crippen LogP contribution in [0.25, 0.3) is 0 Å². The summed E-state index contributed by atoms with van der Waals surface area (Å²) in [6, 6.07) is 0. The van der Waals surface area contributed by atoms with Crippen LogP contribution in [0.15, 0.2) is 10.7 Å². The van der Waals surface area contributed by atoms with Gasteiger partial charge in [0.2, 0.25) is 0 Å². The van der Waals surface area contributed by atoms with Crippen molar-refractivity contribution in [3.8, 4) is 0 Å². The second-order valence-electron chi connectivity index (χ2n) is 1.94. The zero-order valence-corrected chi connectivity index (χ0v) is 9.10. The highest BCUT2D eigenvalue weighted by molar-refractivity contribution is 14.1. The van der Waals surface area contributed by atoms with E-state index in [4.69, 9.17) is 5.73 Å². The van der Waals surface area contributed by atoms with Crippen molar-refractivity contribution in [2.24, 2.45) is 0 Å². The van der Waals surface area contributed by atoms with Gasteiger partial charge in [-0.05, 0) is 51.0 Å². The third kappa shape index (κ3) is 1.42. The van der Waals surface area contributed by atoms with Crippen LogP contribution in [0.2, 0.25) is 0 Å². The van der Waals surface area contributed by atoms with Gasteiger partial charge in [-0.15, -0.1) is 0 Å². The van der Waals surface area contributed by atoms with Gasteiger partial charge in [0.15, 0.2) is 0 Å². The minimum absolute atomic E-state index is 0.759. The summed E-state index contributed by atoms with van der Waals surface area (Å²) in [5.41, 5.74) is 7.50. The number of nitrogens with zero attached hydrogens (tertiary/aromatic N) is 1. The zero-order chi connectivity index (χ0) is 7.72. The van der Waals surface area contributed by atoms with Gasteiger partial charge in [0.25, 0.3) is 0 Å². The molecule has 0 aliphatic carbocycles. The molecule has 0 saturated heterocycles. The smallest absolute Gasteiger partial charge is 0.124 e. The molecule has 1 aromatic rings. The summed E-state index contributed by atoms with van der Waals surface area (Å²) in [5, 5.41) is 0. The van der Waals surface area contributed by atoms with Crippen molar-refractivity contribution >= 4 is 44.2 Å². The minimum Gasteiger partial charge on any atom is -0.396 e. The maximum Gasteiger partial charge on any atom is 0.124 e. The van der Waals surface area contributed by atoms with Crippen LogP contribution in [0.1, 0.15) is 5.56 Å². The van der Waals surface area contributed by atoms with Crippen LogP contribution in [0.3, 0.4) is 0 Å². The maximum absolute atomic E-state index is 5.68. The number of rotatable bonds is 0. The van der Waals surface area contributed by atoms with Crippen molar-refractivity contribution < 1.29 is 0 Å². The molecule has 0 amide bonds. The van der Waals surface area contributed by atoms with Crippen molar-refractivity contribution in [1.29, 1.82) is 0 Å². The SMILES string of the molecule is Cc1c(Br)cnc(I)c1N. The molecule has 1 rings (SSSR count). The Bertz CT molecular complexity index is 235. The van der Waals surface area contributed by atoms with Crippen LogP contribution in [0.5, 0.6) is 0 Å². The Kier molecular flexibility index (Phi) is 2.51. The molecular formula is C6H6BrIN2. The third-order valence-electron chi connectivity index (χ3n) is 1.28. The van der Waals surface area contributed by atoms with Gasteiger partial charge >= 0.3 is 0 Å². The Morgan fingerprint density at radius 2 is 2.30 bits per heavy atom. The van der Waals surface area contributed by atoms with E-state index in [1.54, 1.807) is 6.20 Å². The molecule has 0 spiro atoms. The van der Waals surface area contributed by atoms with E-state index in [2.05, 4.69) is 43.5 Å². The molecule has 54 valence electrons. The molecule has 2 nitrogen and oxygen atoms in total. The minimum atomic E-state index is 0.759. The van der Waals surface area contributed by atoms with Crippen molar-refractivity contribution in [1.82, 2.24) is 4.98 Å². The van der Waals surface area contributed by atoms with Gasteiger partial charge in [0, 0.05) is 10.7 Å². The Hall–Kier alpha value is 0.160. The lowest BCUT2D eigenvalue weighted by Gasteiger charge is -2.02. The van der Waals surface area contributed by atoms with Gasteiger partial charge in [-0.1, -0.05) is 0 Å². The molecule has 1 heterocycles. The van der Waals surface area contributed by atoms with Gasteiger partial charge in [0.05, 0.1) is 5.69 Å². The first-order valence-corrected chi connectivity index (χ1v) is 4.56. The summed E-state index contributed by atoms with van der Waals surface area (Å²) in [6.07, 6.45) is 1.76. The molecule has 0 radical (unpaired) electrons. The number of nitrogens with two attached hydrogens (primary N) is 1. The third-order valence-corrected chi connectivity index (χ3v) is 2.93. The van der Waals surface area contributed by atoms with E-state index in [1.807, 2.05) is 6.92 Å². The summed E-state index contributed by atoms with van der Waals surface area (Å²) in [7, 11) is 0. The Balaban J connectivity index is 3.34. The molecule has 0 bridgehead atoms. The summed E-state index contributed by atoms with van der Waals surface area (Å²) in [5.74, 6) is 0. The predicted octanol–water partition coefficient (Wildman–Crippen LogP) is 2.34. The van der Waals surface area contributed by atoms with Gasteiger partial charge in [0.1, 0.15) is 3.70 Å². The van der Waals surface area contributed by atoms with Crippen LogP contribution in [-0.4, -0.2) is 4.98 Å². The molecule has 0 saturated carbocycles. The largest absolute Gasteiger partial charge is 0.396 e. The normalized spacial score (nSPS) is 9.90. The summed E-state index contributed by atoms with van der Waals surface area (Å²) >= 11 is 5.44. The fraction of sp³-hybridized carbons (Fsp3) is 0.167. The molecule has 0 aliphatic rings. The molecule has 0 aromatic carbocycles. The molecule has 2 N–H and O–H groups in total. The zero-order valence-electron chi connectivity index (χ0n) is 5.36. The van der Waals surface area contributed by atoms with Crippen molar-refractivity contribution in [2.45, 2.75) is 6.92 Å². The van der Waals surface area contributed by atoms with Crippen molar-refractivity contribution in [3.05, 3.63) is 19.9 Å². The topological polar surface area (TPSA) is 38.9 Å². The Morgan fingerprint density at radius 1 is 1.70 bits per heavy atom. The number of pyridine rings is 1. The fourth-order valence-corrected chi connectivity index (χ4v) is 1.42. The first-order chi connectivity index (χ1) is 4.63. The monoisotopic (exact) mass is 312 g/mol. The second-order valence-corrected chi connectivity index (χ2v) is 3.81. The van der Waals surface area contributed by atoms with Crippen molar-refractivity contribution in [3.63, 3.8) is 0 Å². The standard InChI is InChI=1S/C6H6BrIN2/c1-3-4(7)2-10-6(8)5(3)9/h2H,9H2,1H3. The first-order valence-electron chi connectivity index (χ1n) is 2.69. The van der Waals surface area contributed by atoms with Crippen LogP contribution in [0, 0.1) is 10.6 Å². The van der Waals surface area contributed by atoms with Crippen LogP contribution in [0.4, 0.5) is 5.69 Å². The Morgan fingerprint density at radius 3 is 2.80 bits per heavy atom. The molecule has 1 aromatic heterocycles. The average molecular weight is 313 g/mol. The molecular weight excluding hydrogens is 307 g/mol. The highest BCUT2D eigenvalue weighted by Gasteiger charge is 2.02. The molecule has 0 unspecified atom stereocenters. The molecule has 10 heavy (non-hydrogen) atoms. The first kappa shape index (κ1) is 8.26. The second kappa shape index (κ2) is 3.04. The number of nitrogen functional groups attached to an aromatic ring is 1. The maximum atomic E-state index is 5.68. The van der Waals surface area contributed by atoms with Gasteiger partial charge in [-0.25, -0.2) is 4.98 Å². The van der Waals surface area contributed by atoms with Crippen LogP contribution >= 0.6 is 38.5 Å². The number of aromatic nitrogens is 1. The van der Waals surface area contributed by atoms with Crippen LogP contribution < -0.4 is 5.73 Å². The summed E-state index contributed by atoms with van der Waals surface area (Å²) in [4.78, 5) is 4.05. The number of hydrogen-bond donors (Lipinski definition) is 1. The lowest BCUT2D eigenvalue weighted by atomic mass is 10.3. The van der Waals surface area contributed by atoms with E-state index in [1.165, 1.54) is 0 Å². The number of halogens is 2. The Labute approximate surface area is 81.5 Å². The number of hydrogen-bond acceptors (Lipinski definition) is 2. The predicted molar refractivity (Wildman–Crippen MR) is 53.8 cm³/mol. The van der Waals surface area contributed by atoms with Gasteiger partial charge in [-0.3, -0.25) is 0 Å². The van der Waals surface area contributed by atoms with Crippen molar-refractivity contribution in [2.75, 3.05) is 5.73 Å². The molecule has 4 heteroatoms. The van der Waals surface area contributed by atoms with E-state index in [0.717, 1.165) is 19.4 Å². The lowest BCUT2D eigenvalue weighted by Crippen LogP contribution is -1.96. The highest BCUT2D eigenvalue weighted by Crippen LogP contribution is 2.23. The summed E-state index contributed by atoms with van der Waals surface area (Å²) < 4.78 is 1.82. The van der Waals surface area contributed by atoms with Gasteiger partial charge in [-0.2, -0.15) is 0 Å². The summed E-state index contributed by atoms with van der Waals surface area (Å²) in [6.45, 7) is 1.96. The quantitative estimate of drug-likeness (QED) is 0.590. The van der Waals surface area contributed by atoms with E-state index in [-0.39, 0.29) is 0 Å². The lowest BCUT2D eigenvalue weighted by molar-refractivity contribution is 1.22. The van der Waals surface area contributed by atoms with E-state index >= 15 is 0 Å².